The third-order valence-electron chi connectivity index (χ3n) is 2.29. The van der Waals surface area contributed by atoms with Crippen LogP contribution in [0.1, 0.15) is 47.0 Å². The van der Waals surface area contributed by atoms with Gasteiger partial charge >= 0.3 is 0 Å². The average Bonchev–Trinajstić information content (AvgIpc) is 2.23. The molecule has 1 saturated carbocycles. The van der Waals surface area contributed by atoms with Crippen molar-refractivity contribution in [3.05, 3.63) is 0 Å². The summed E-state index contributed by atoms with van der Waals surface area (Å²) in [4.78, 5) is 0. The lowest BCUT2D eigenvalue weighted by Crippen LogP contribution is -1.95. The molecule has 0 heterocycles. The van der Waals surface area contributed by atoms with Crippen LogP contribution in [0.3, 0.4) is 0 Å². The maximum atomic E-state index is 2.36. The van der Waals surface area contributed by atoms with E-state index in [0.717, 1.165) is 11.8 Å². The first kappa shape index (κ1) is 9.00. The smallest absolute Gasteiger partial charge is 0.0417 e. The molecule has 0 saturated heterocycles. The van der Waals surface area contributed by atoms with E-state index in [1.807, 2.05) is 13.8 Å². The van der Waals surface area contributed by atoms with Crippen LogP contribution in [0, 0.1) is 11.8 Å². The summed E-state index contributed by atoms with van der Waals surface area (Å²) in [7, 11) is 0. The van der Waals surface area contributed by atoms with E-state index in [1.165, 1.54) is 19.3 Å². The van der Waals surface area contributed by atoms with Gasteiger partial charge in [-0.05, 0) is 11.8 Å². The van der Waals surface area contributed by atoms with Gasteiger partial charge in [0.05, 0.1) is 0 Å². The lowest BCUT2D eigenvalue weighted by molar-refractivity contribution is 0.457. The summed E-state index contributed by atoms with van der Waals surface area (Å²) >= 11 is 0. The molecule has 0 aromatic rings. The Labute approximate surface area is 59.7 Å². The largest absolute Gasteiger partial charge is 0.0683 e. The molecule has 56 valence electrons. The molecule has 0 aliphatic heterocycles. The molecule has 0 N–H and O–H groups in total. The first-order chi connectivity index (χ1) is 4.30. The van der Waals surface area contributed by atoms with Gasteiger partial charge in [0, 0.05) is 0 Å². The molecule has 0 spiro atoms. The summed E-state index contributed by atoms with van der Waals surface area (Å²) in [6.45, 7) is 8.72. The third-order valence-corrected chi connectivity index (χ3v) is 2.29. The molecular formula is C9H20. The van der Waals surface area contributed by atoms with Gasteiger partial charge in [-0.25, -0.2) is 0 Å². The molecule has 0 radical (unpaired) electrons. The minimum atomic E-state index is 1.01. The molecule has 0 bridgehead atoms. The van der Waals surface area contributed by atoms with Crippen molar-refractivity contribution in [3.8, 4) is 0 Å². The van der Waals surface area contributed by atoms with Crippen molar-refractivity contribution in [3.63, 3.8) is 0 Å². The van der Waals surface area contributed by atoms with Gasteiger partial charge in [0.25, 0.3) is 0 Å². The minimum absolute atomic E-state index is 1.01. The van der Waals surface area contributed by atoms with E-state index in [-0.39, 0.29) is 0 Å². The predicted molar refractivity (Wildman–Crippen MR) is 43.5 cm³/mol. The zero-order chi connectivity index (χ0) is 7.28. The molecule has 1 aliphatic rings. The highest BCUT2D eigenvalue weighted by Gasteiger charge is 2.17. The Morgan fingerprint density at radius 2 is 1.22 bits per heavy atom. The van der Waals surface area contributed by atoms with Crippen molar-refractivity contribution >= 4 is 0 Å². The fourth-order valence-electron chi connectivity index (χ4n) is 1.33. The highest BCUT2D eigenvalue weighted by molar-refractivity contribution is 4.69. The van der Waals surface area contributed by atoms with Gasteiger partial charge in [0.1, 0.15) is 0 Å². The van der Waals surface area contributed by atoms with Crippen molar-refractivity contribution in [2.75, 3.05) is 0 Å². The van der Waals surface area contributed by atoms with Crippen molar-refractivity contribution in [1.29, 1.82) is 0 Å². The first-order valence-electron chi connectivity index (χ1n) is 4.30. The Bertz CT molecular complexity index is 49.1. The quantitative estimate of drug-likeness (QED) is 0.468. The topological polar surface area (TPSA) is 0 Å². The van der Waals surface area contributed by atoms with Gasteiger partial charge in [0.15, 0.2) is 0 Å². The Morgan fingerprint density at radius 3 is 1.33 bits per heavy atom. The molecule has 9 heavy (non-hydrogen) atoms. The zero-order valence-corrected chi connectivity index (χ0v) is 7.28. The van der Waals surface area contributed by atoms with Crippen molar-refractivity contribution in [2.45, 2.75) is 47.0 Å². The van der Waals surface area contributed by atoms with Crippen molar-refractivity contribution in [2.24, 2.45) is 11.8 Å². The third kappa shape index (κ3) is 2.88. The Morgan fingerprint density at radius 1 is 0.889 bits per heavy atom. The monoisotopic (exact) mass is 128 g/mol. The number of hydrogen-bond acceptors (Lipinski definition) is 0. The summed E-state index contributed by atoms with van der Waals surface area (Å²) in [6, 6.07) is 0. The molecule has 1 rings (SSSR count). The summed E-state index contributed by atoms with van der Waals surface area (Å²) in [5, 5.41) is 0. The number of hydrogen-bond donors (Lipinski definition) is 0. The molecule has 1 aliphatic carbocycles. The lowest BCUT2D eigenvalue weighted by atomic mass is 10.0. The van der Waals surface area contributed by atoms with Crippen molar-refractivity contribution < 1.29 is 0 Å². The fourth-order valence-corrected chi connectivity index (χ4v) is 1.33. The molecule has 1 unspecified atom stereocenters. The number of rotatable bonds is 0. The highest BCUT2D eigenvalue weighted by atomic mass is 14.2. The fraction of sp³-hybridized carbons (Fsp3) is 1.00. The Balaban J connectivity index is 0.000000291. The van der Waals surface area contributed by atoms with Crippen molar-refractivity contribution in [1.82, 2.24) is 0 Å². The Kier molecular flexibility index (Phi) is 4.84. The van der Waals surface area contributed by atoms with Gasteiger partial charge in [-0.1, -0.05) is 47.0 Å². The zero-order valence-electron chi connectivity index (χ0n) is 7.28. The highest BCUT2D eigenvalue weighted by Crippen LogP contribution is 2.29. The maximum absolute atomic E-state index is 2.36. The van der Waals surface area contributed by atoms with Crippen LogP contribution < -0.4 is 0 Å². The predicted octanol–water partition coefficient (Wildman–Crippen LogP) is 3.47. The van der Waals surface area contributed by atoms with Gasteiger partial charge < -0.3 is 0 Å². The summed E-state index contributed by atoms with van der Waals surface area (Å²) < 4.78 is 0. The van der Waals surface area contributed by atoms with Crippen LogP contribution in [0.2, 0.25) is 0 Å². The van der Waals surface area contributed by atoms with Gasteiger partial charge in [0.2, 0.25) is 0 Å². The molecule has 0 heteroatoms. The van der Waals surface area contributed by atoms with Crippen LogP contribution in [-0.2, 0) is 0 Å². The van der Waals surface area contributed by atoms with Crippen LogP contribution in [0.4, 0.5) is 0 Å². The molecule has 0 aromatic heterocycles. The summed E-state index contributed by atoms with van der Waals surface area (Å²) in [5.41, 5.74) is 0. The van der Waals surface area contributed by atoms with E-state index in [1.54, 1.807) is 0 Å². The first-order valence-corrected chi connectivity index (χ1v) is 4.30. The second kappa shape index (κ2) is 4.84. The molecule has 0 nitrogen and oxygen atoms in total. The van der Waals surface area contributed by atoms with Crippen LogP contribution in [0.15, 0.2) is 0 Å². The molecular weight excluding hydrogens is 108 g/mol. The van der Waals surface area contributed by atoms with Gasteiger partial charge in [-0.3, -0.25) is 0 Å². The molecule has 2 atom stereocenters. The van der Waals surface area contributed by atoms with Gasteiger partial charge in [-0.15, -0.1) is 0 Å². The molecule has 0 amide bonds. The second-order valence-electron chi connectivity index (χ2n) is 2.89. The summed E-state index contributed by atoms with van der Waals surface area (Å²) in [6.07, 6.45) is 4.42. The minimum Gasteiger partial charge on any atom is -0.0683 e. The molecule has 0 aromatic carbocycles. The second-order valence-corrected chi connectivity index (χ2v) is 2.89. The Hall–Kier alpha value is 0. The van der Waals surface area contributed by atoms with E-state index in [0.29, 0.717) is 0 Å². The normalized spacial score (nSPS) is 33.3. The maximum Gasteiger partial charge on any atom is -0.0417 e. The van der Waals surface area contributed by atoms with E-state index in [2.05, 4.69) is 13.8 Å². The van der Waals surface area contributed by atoms with E-state index < -0.39 is 0 Å². The van der Waals surface area contributed by atoms with E-state index in [9.17, 15) is 0 Å². The van der Waals surface area contributed by atoms with E-state index in [4.69, 9.17) is 0 Å². The standard InChI is InChI=1S/C7H14.C2H6/c1-6-4-3-5-7(6)2;1-2/h6-7H,3-5H2,1-2H3;1-2H3/t6-,7?;/m1./s1. The molecule has 1 fully saturated rings. The van der Waals surface area contributed by atoms with E-state index >= 15 is 0 Å². The lowest BCUT2D eigenvalue weighted by Gasteiger charge is -2.05. The van der Waals surface area contributed by atoms with Crippen LogP contribution in [0.25, 0.3) is 0 Å². The van der Waals surface area contributed by atoms with Crippen LogP contribution in [0.5, 0.6) is 0 Å². The van der Waals surface area contributed by atoms with Crippen LogP contribution >= 0.6 is 0 Å². The SMILES string of the molecule is CC.CC1CCC[C@H]1C. The van der Waals surface area contributed by atoms with Crippen LogP contribution in [-0.4, -0.2) is 0 Å². The average molecular weight is 128 g/mol. The summed E-state index contributed by atoms with van der Waals surface area (Å²) in [5.74, 6) is 2.03. The van der Waals surface area contributed by atoms with Gasteiger partial charge in [-0.2, -0.15) is 0 Å².